The Labute approximate surface area is 415 Å². The van der Waals surface area contributed by atoms with Gasteiger partial charge in [0.25, 0.3) is 0 Å². The molecule has 1 spiro atoms. The quantitative estimate of drug-likeness (QED) is 0.137. The fourth-order valence-electron chi connectivity index (χ4n) is 15.4. The fourth-order valence-corrected chi connectivity index (χ4v) is 15.4. The molecule has 71 heavy (non-hydrogen) atoms. The van der Waals surface area contributed by atoms with Gasteiger partial charge >= 0.3 is 0 Å². The molecule has 0 aromatic rings. The molecule has 10 N–H and O–H groups in total. The van der Waals surface area contributed by atoms with Crippen molar-refractivity contribution < 1.29 is 98.4 Å². The van der Waals surface area contributed by atoms with Gasteiger partial charge in [0.15, 0.2) is 30.9 Å². The van der Waals surface area contributed by atoms with E-state index in [-0.39, 0.29) is 16.9 Å². The van der Waals surface area contributed by atoms with Crippen molar-refractivity contribution in [1.82, 2.24) is 0 Å². The molecule has 31 atom stereocenters. The van der Waals surface area contributed by atoms with Gasteiger partial charge in [-0.15, -0.1) is 0 Å². The minimum absolute atomic E-state index is 0.0569. The van der Waals surface area contributed by atoms with Crippen LogP contribution in [0.4, 0.5) is 0 Å². The maximum absolute atomic E-state index is 12.2. The summed E-state index contributed by atoms with van der Waals surface area (Å²) < 4.78 is 62.2. The highest BCUT2D eigenvalue weighted by Crippen LogP contribution is 2.71. The number of fused-ring (bicyclic) bond motifs is 7. The van der Waals surface area contributed by atoms with Crippen molar-refractivity contribution in [2.45, 2.75) is 247 Å². The summed E-state index contributed by atoms with van der Waals surface area (Å²) in [6.45, 7) is 14.1. The largest absolute Gasteiger partial charge is 0.394 e. The van der Waals surface area contributed by atoms with Crippen LogP contribution in [-0.2, 0) is 47.4 Å². The van der Waals surface area contributed by atoms with Crippen LogP contribution in [0.1, 0.15) is 106 Å². The maximum Gasteiger partial charge on any atom is 0.187 e. The third-order valence-electron chi connectivity index (χ3n) is 19.7. The van der Waals surface area contributed by atoms with Crippen LogP contribution in [0.5, 0.6) is 0 Å². The van der Waals surface area contributed by atoms with Crippen LogP contribution in [0, 0.1) is 46.3 Å². The Kier molecular flexibility index (Phi) is 15.1. The first kappa shape index (κ1) is 53.3. The van der Waals surface area contributed by atoms with Crippen molar-refractivity contribution in [2.24, 2.45) is 46.3 Å². The van der Waals surface area contributed by atoms with E-state index < -0.39 is 141 Å². The van der Waals surface area contributed by atoms with Gasteiger partial charge in [-0.1, -0.05) is 39.3 Å². The first-order valence-corrected chi connectivity index (χ1v) is 26.6. The highest BCUT2D eigenvalue weighted by Gasteiger charge is 2.69. The molecule has 6 aliphatic heterocycles. The summed E-state index contributed by atoms with van der Waals surface area (Å²) in [6, 6.07) is 0. The minimum Gasteiger partial charge on any atom is -0.394 e. The molecule has 10 rings (SSSR count). The van der Waals surface area contributed by atoms with Crippen LogP contribution < -0.4 is 0 Å². The second-order valence-corrected chi connectivity index (χ2v) is 23.8. The first-order valence-electron chi connectivity index (χ1n) is 26.6. The van der Waals surface area contributed by atoms with E-state index in [0.29, 0.717) is 48.3 Å². The van der Waals surface area contributed by atoms with Crippen molar-refractivity contribution in [3.8, 4) is 0 Å². The van der Waals surface area contributed by atoms with E-state index in [0.717, 1.165) is 51.6 Å². The topological polar surface area (TPSA) is 295 Å². The highest BCUT2D eigenvalue weighted by atomic mass is 16.8. The molecular formula is C51H82O20. The zero-order valence-corrected chi connectivity index (χ0v) is 42.1. The Bertz CT molecular complexity index is 1890. The number of aliphatic hydroxyl groups excluding tert-OH is 10. The number of ether oxygens (including phenoxy) is 10. The zero-order chi connectivity index (χ0) is 50.8. The van der Waals surface area contributed by atoms with E-state index in [1.165, 1.54) is 26.3 Å². The zero-order valence-electron chi connectivity index (χ0n) is 42.1. The third kappa shape index (κ3) is 9.03. The van der Waals surface area contributed by atoms with Crippen LogP contribution in [0.3, 0.4) is 0 Å². The summed E-state index contributed by atoms with van der Waals surface area (Å²) in [7, 11) is 0. The molecule has 3 saturated carbocycles. The molecule has 20 heteroatoms. The Hall–Kier alpha value is -1.06. The van der Waals surface area contributed by atoms with Crippen molar-refractivity contribution >= 4 is 0 Å². The van der Waals surface area contributed by atoms with Crippen LogP contribution in [-0.4, -0.2) is 205 Å². The number of allylic oxidation sites excluding steroid dienone is 1. The van der Waals surface area contributed by atoms with Crippen LogP contribution in [0.25, 0.3) is 0 Å². The number of hydrogen-bond donors (Lipinski definition) is 10. The number of rotatable bonds is 9. The summed E-state index contributed by atoms with van der Waals surface area (Å²) >= 11 is 0. The van der Waals surface area contributed by atoms with Gasteiger partial charge in [-0.05, 0) is 113 Å². The van der Waals surface area contributed by atoms with Gasteiger partial charge in [-0.25, -0.2) is 0 Å². The van der Waals surface area contributed by atoms with Gasteiger partial charge in [-0.3, -0.25) is 0 Å². The number of aliphatic hydroxyl groups is 10. The second kappa shape index (κ2) is 20.1. The lowest BCUT2D eigenvalue weighted by Gasteiger charge is -2.59. The summed E-state index contributed by atoms with van der Waals surface area (Å²) in [4.78, 5) is 0. The SMILES string of the molecule is C[C@@H]1CC[C@]2(OC1)O[C@H]1C[C@@H]3[C@@H]4CC=C5C[C@@H](O[C@@H]6O[C@H](CO)[C@@H](O[C@@H]7O[C@@H](C)[C@H](O[C@@H]8O[C@@H](C)[C@H](O)[C@@H](O)[C@@H]8O)[C@@H](O)[C@H]7O)[C@H](O)[C@H]6O[C@@H]6O[C@H](C)[C@@H](O)[C@@H](O)[C@H]6O)CC[C@]5(C)[C@H]4CC[C@@]3(C)[C@H]1[C@@H]2C. The summed E-state index contributed by atoms with van der Waals surface area (Å²) in [5, 5.41) is 109. The molecular weight excluding hydrogens is 933 g/mol. The van der Waals surface area contributed by atoms with Gasteiger partial charge in [0.05, 0.1) is 43.7 Å². The van der Waals surface area contributed by atoms with Gasteiger partial charge in [-0.2, -0.15) is 0 Å². The van der Waals surface area contributed by atoms with Crippen LogP contribution >= 0.6 is 0 Å². The fraction of sp³-hybridized carbons (Fsp3) is 0.961. The summed E-state index contributed by atoms with van der Waals surface area (Å²) in [6.07, 6.45) is -19.0. The highest BCUT2D eigenvalue weighted by molar-refractivity contribution is 5.26. The molecule has 6 saturated heterocycles. The van der Waals surface area contributed by atoms with Crippen LogP contribution in [0.15, 0.2) is 11.6 Å². The monoisotopic (exact) mass is 1010 g/mol. The van der Waals surface area contributed by atoms with E-state index in [9.17, 15) is 51.1 Å². The van der Waals surface area contributed by atoms with E-state index in [4.69, 9.17) is 47.4 Å². The first-order chi connectivity index (χ1) is 33.6. The lowest BCUT2D eigenvalue weighted by molar-refractivity contribution is -0.394. The predicted octanol–water partition coefficient (Wildman–Crippen LogP) is 0.0935. The molecule has 0 aromatic heterocycles. The second-order valence-electron chi connectivity index (χ2n) is 23.8. The average molecular weight is 1020 g/mol. The molecule has 0 amide bonds. The van der Waals surface area contributed by atoms with Crippen molar-refractivity contribution in [3.63, 3.8) is 0 Å². The van der Waals surface area contributed by atoms with Gasteiger partial charge < -0.3 is 98.4 Å². The van der Waals surface area contributed by atoms with Crippen molar-refractivity contribution in [1.29, 1.82) is 0 Å². The smallest absolute Gasteiger partial charge is 0.187 e. The van der Waals surface area contributed by atoms with Gasteiger partial charge in [0.1, 0.15) is 79.4 Å². The van der Waals surface area contributed by atoms with Crippen molar-refractivity contribution in [3.05, 3.63) is 11.6 Å². The van der Waals surface area contributed by atoms with Crippen LogP contribution in [0.2, 0.25) is 0 Å². The Morgan fingerprint density at radius 1 is 0.592 bits per heavy atom. The molecule has 20 nitrogen and oxygen atoms in total. The molecule has 406 valence electrons. The standard InChI is InChI=1S/C51H82O20/c1-20-10-15-51(62-19-20)21(2)32-30(71-51)17-29-27-9-8-25-16-26(11-13-49(25,6)28(27)12-14-50(29,32)7)66-48-44(70-46-39(59)36(56)34(54)23(4)64-46)41(61)43(31(18-52)67-48)69-47-40(60)37(57)42(24(5)65-47)68-45-38(58)35(55)33(53)22(3)63-45/h8,20-24,26-48,52-61H,9-19H2,1-7H3/t20-,21+,22+,23-,24+,26+,27-,28+,29-,30+,31-,32+,33+,34-,35-,36-,37+,38+,39-,40-,41+,42+,43-,44-,45+,46+,47+,48-,49+,50-,51+/m1/s1. The Morgan fingerprint density at radius 2 is 1.20 bits per heavy atom. The maximum atomic E-state index is 12.2. The van der Waals surface area contributed by atoms with Crippen molar-refractivity contribution in [2.75, 3.05) is 13.2 Å². The van der Waals surface area contributed by atoms with Gasteiger partial charge in [0.2, 0.25) is 0 Å². The molecule has 4 aliphatic carbocycles. The van der Waals surface area contributed by atoms with E-state index in [1.54, 1.807) is 0 Å². The number of hydrogen-bond acceptors (Lipinski definition) is 20. The lowest BCUT2D eigenvalue weighted by Crippen LogP contribution is -2.67. The van der Waals surface area contributed by atoms with E-state index in [1.807, 2.05) is 0 Å². The average Bonchev–Trinajstić information content (AvgIpc) is 3.79. The lowest BCUT2D eigenvalue weighted by atomic mass is 9.47. The predicted molar refractivity (Wildman–Crippen MR) is 244 cm³/mol. The minimum atomic E-state index is -1.85. The van der Waals surface area contributed by atoms with E-state index in [2.05, 4.69) is 33.8 Å². The molecule has 9 fully saturated rings. The molecule has 6 heterocycles. The molecule has 0 unspecified atom stereocenters. The van der Waals surface area contributed by atoms with Gasteiger partial charge in [0, 0.05) is 12.3 Å². The molecule has 0 radical (unpaired) electrons. The molecule has 0 bridgehead atoms. The normalized spacial score (nSPS) is 58.4. The Balaban J connectivity index is 0.836. The summed E-state index contributed by atoms with van der Waals surface area (Å²) in [5.74, 6) is 2.46. The summed E-state index contributed by atoms with van der Waals surface area (Å²) in [5.41, 5.74) is 1.44. The Morgan fingerprint density at radius 3 is 1.82 bits per heavy atom. The molecule has 10 aliphatic rings. The van der Waals surface area contributed by atoms with E-state index >= 15 is 0 Å². The third-order valence-corrected chi connectivity index (χ3v) is 19.7. The molecule has 0 aromatic carbocycles.